The van der Waals surface area contributed by atoms with Crippen molar-refractivity contribution in [3.05, 3.63) is 48.2 Å². The van der Waals surface area contributed by atoms with E-state index in [1.807, 2.05) is 36.5 Å². The average Bonchev–Trinajstić information content (AvgIpc) is 2.63. The van der Waals surface area contributed by atoms with Gasteiger partial charge in [-0.25, -0.2) is 4.98 Å². The van der Waals surface area contributed by atoms with Crippen LogP contribution in [0.15, 0.2) is 42.6 Å². The Labute approximate surface area is 144 Å². The van der Waals surface area contributed by atoms with E-state index in [1.54, 1.807) is 0 Å². The number of nitrogens with one attached hydrogen (secondary N) is 2. The van der Waals surface area contributed by atoms with Crippen LogP contribution in [0, 0.1) is 0 Å². The van der Waals surface area contributed by atoms with Gasteiger partial charge in [0, 0.05) is 44.1 Å². The lowest BCUT2D eigenvalue weighted by atomic mass is 9.99. The Kier molecular flexibility index (Phi) is 5.67. The molecule has 128 valence electrons. The van der Waals surface area contributed by atoms with Gasteiger partial charge in [0.2, 0.25) is 0 Å². The number of anilines is 3. The number of hydrogen-bond donors (Lipinski definition) is 3. The van der Waals surface area contributed by atoms with E-state index >= 15 is 0 Å². The van der Waals surface area contributed by atoms with Gasteiger partial charge < -0.3 is 16.4 Å². The first-order valence-corrected chi connectivity index (χ1v) is 8.80. The van der Waals surface area contributed by atoms with E-state index in [4.69, 9.17) is 5.73 Å². The van der Waals surface area contributed by atoms with E-state index in [0.717, 1.165) is 56.2 Å². The summed E-state index contributed by atoms with van der Waals surface area (Å²) in [4.78, 5) is 6.99. The third-order valence-corrected chi connectivity index (χ3v) is 4.57. The monoisotopic (exact) mass is 325 g/mol. The SMILES string of the molecule is CCCC(c1ccnc(Nc2ccccc2)c1N)N1CCNCC1. The third-order valence-electron chi connectivity index (χ3n) is 4.57. The molecule has 1 aromatic carbocycles. The molecule has 1 unspecified atom stereocenters. The average molecular weight is 325 g/mol. The first kappa shape index (κ1) is 16.7. The zero-order chi connectivity index (χ0) is 16.8. The van der Waals surface area contributed by atoms with Crippen LogP contribution < -0.4 is 16.4 Å². The van der Waals surface area contributed by atoms with Gasteiger partial charge in [-0.2, -0.15) is 0 Å². The van der Waals surface area contributed by atoms with E-state index in [2.05, 4.69) is 33.5 Å². The summed E-state index contributed by atoms with van der Waals surface area (Å²) < 4.78 is 0. The lowest BCUT2D eigenvalue weighted by Crippen LogP contribution is -2.45. The Hall–Kier alpha value is -2.11. The Morgan fingerprint density at radius 3 is 2.67 bits per heavy atom. The summed E-state index contributed by atoms with van der Waals surface area (Å²) in [7, 11) is 0. The van der Waals surface area contributed by atoms with Crippen molar-refractivity contribution in [2.75, 3.05) is 37.2 Å². The standard InChI is InChI=1S/C19H27N5/c1-2-6-17(24-13-11-21-12-14-24)16-9-10-22-19(18(16)20)23-15-7-4-3-5-8-15/h3-5,7-10,17,21H,2,6,11-14,20H2,1H3,(H,22,23). The second-order valence-corrected chi connectivity index (χ2v) is 6.24. The van der Waals surface area contributed by atoms with Crippen molar-refractivity contribution in [3.63, 3.8) is 0 Å². The van der Waals surface area contributed by atoms with Gasteiger partial charge in [-0.05, 0) is 30.2 Å². The highest BCUT2D eigenvalue weighted by Gasteiger charge is 2.24. The highest BCUT2D eigenvalue weighted by Crippen LogP contribution is 2.34. The number of nitrogens with two attached hydrogens (primary N) is 1. The van der Waals surface area contributed by atoms with Crippen molar-refractivity contribution >= 4 is 17.2 Å². The molecule has 0 saturated carbocycles. The van der Waals surface area contributed by atoms with Crippen molar-refractivity contribution in [1.82, 2.24) is 15.2 Å². The van der Waals surface area contributed by atoms with Crippen LogP contribution in [0.3, 0.4) is 0 Å². The molecule has 1 aliphatic heterocycles. The molecule has 2 heterocycles. The maximum atomic E-state index is 6.50. The van der Waals surface area contributed by atoms with Gasteiger partial charge in [0.15, 0.2) is 5.82 Å². The summed E-state index contributed by atoms with van der Waals surface area (Å²) in [5, 5.41) is 6.77. The lowest BCUT2D eigenvalue weighted by molar-refractivity contribution is 0.165. The van der Waals surface area contributed by atoms with Gasteiger partial charge in [0.05, 0.1) is 5.69 Å². The number of nitrogen functional groups attached to an aromatic ring is 1. The van der Waals surface area contributed by atoms with E-state index in [-0.39, 0.29) is 0 Å². The van der Waals surface area contributed by atoms with Crippen LogP contribution in [0.5, 0.6) is 0 Å². The molecular formula is C19H27N5. The summed E-state index contributed by atoms with van der Waals surface area (Å²) >= 11 is 0. The fourth-order valence-electron chi connectivity index (χ4n) is 3.34. The number of nitrogens with zero attached hydrogens (tertiary/aromatic N) is 2. The molecule has 24 heavy (non-hydrogen) atoms. The smallest absolute Gasteiger partial charge is 0.153 e. The van der Waals surface area contributed by atoms with Crippen molar-refractivity contribution in [3.8, 4) is 0 Å². The third kappa shape index (κ3) is 3.86. The number of pyridine rings is 1. The van der Waals surface area contributed by atoms with Crippen molar-refractivity contribution in [2.24, 2.45) is 0 Å². The molecule has 0 aliphatic carbocycles. The van der Waals surface area contributed by atoms with Crippen LogP contribution in [0.4, 0.5) is 17.2 Å². The number of piperazine rings is 1. The number of aromatic nitrogens is 1. The van der Waals surface area contributed by atoms with Gasteiger partial charge in [-0.3, -0.25) is 4.90 Å². The minimum Gasteiger partial charge on any atom is -0.395 e. The minimum absolute atomic E-state index is 0.358. The maximum absolute atomic E-state index is 6.50. The molecular weight excluding hydrogens is 298 g/mol. The fourth-order valence-corrected chi connectivity index (χ4v) is 3.34. The Morgan fingerprint density at radius 1 is 1.21 bits per heavy atom. The van der Waals surface area contributed by atoms with Crippen molar-refractivity contribution in [2.45, 2.75) is 25.8 Å². The largest absolute Gasteiger partial charge is 0.395 e. The van der Waals surface area contributed by atoms with Gasteiger partial charge in [0.1, 0.15) is 0 Å². The number of benzene rings is 1. The molecule has 1 saturated heterocycles. The first-order valence-electron chi connectivity index (χ1n) is 8.80. The topological polar surface area (TPSA) is 66.2 Å². The highest BCUT2D eigenvalue weighted by atomic mass is 15.2. The zero-order valence-electron chi connectivity index (χ0n) is 14.3. The minimum atomic E-state index is 0.358. The van der Waals surface area contributed by atoms with Crippen LogP contribution in [0.1, 0.15) is 31.4 Å². The first-order chi connectivity index (χ1) is 11.8. The molecule has 4 N–H and O–H groups in total. The molecule has 1 aromatic heterocycles. The van der Waals surface area contributed by atoms with E-state index in [1.165, 1.54) is 5.56 Å². The Morgan fingerprint density at radius 2 is 1.96 bits per heavy atom. The van der Waals surface area contributed by atoms with Crippen molar-refractivity contribution in [1.29, 1.82) is 0 Å². The fraction of sp³-hybridized carbons (Fsp3) is 0.421. The molecule has 5 nitrogen and oxygen atoms in total. The van der Waals surface area contributed by atoms with Crippen molar-refractivity contribution < 1.29 is 0 Å². The van der Waals surface area contributed by atoms with Gasteiger partial charge in [-0.1, -0.05) is 31.5 Å². The van der Waals surface area contributed by atoms with Crippen LogP contribution >= 0.6 is 0 Å². The van der Waals surface area contributed by atoms with Crippen LogP contribution in [-0.4, -0.2) is 36.1 Å². The molecule has 0 radical (unpaired) electrons. The van der Waals surface area contributed by atoms with Crippen LogP contribution in [0.25, 0.3) is 0 Å². The van der Waals surface area contributed by atoms with E-state index in [9.17, 15) is 0 Å². The molecule has 1 fully saturated rings. The van der Waals surface area contributed by atoms with Gasteiger partial charge in [-0.15, -0.1) is 0 Å². The van der Waals surface area contributed by atoms with Gasteiger partial charge >= 0.3 is 0 Å². The quantitative estimate of drug-likeness (QED) is 0.761. The zero-order valence-corrected chi connectivity index (χ0v) is 14.3. The summed E-state index contributed by atoms with van der Waals surface area (Å²) in [6.07, 6.45) is 4.11. The predicted octanol–water partition coefficient (Wildman–Crippen LogP) is 3.15. The van der Waals surface area contributed by atoms with Crippen LogP contribution in [-0.2, 0) is 0 Å². The molecule has 0 amide bonds. The number of rotatable bonds is 6. The molecule has 2 aromatic rings. The lowest BCUT2D eigenvalue weighted by Gasteiger charge is -2.36. The molecule has 3 rings (SSSR count). The number of para-hydroxylation sites is 1. The Bertz CT molecular complexity index is 637. The van der Waals surface area contributed by atoms with E-state index in [0.29, 0.717) is 6.04 Å². The summed E-state index contributed by atoms with van der Waals surface area (Å²) in [6.45, 7) is 6.44. The van der Waals surface area contributed by atoms with Gasteiger partial charge in [0.25, 0.3) is 0 Å². The molecule has 1 atom stereocenters. The second kappa shape index (κ2) is 8.13. The summed E-state index contributed by atoms with van der Waals surface area (Å²) in [5.74, 6) is 0.745. The normalized spacial score (nSPS) is 16.7. The summed E-state index contributed by atoms with van der Waals surface area (Å²) in [6, 6.07) is 12.5. The van der Waals surface area contributed by atoms with Crippen LogP contribution in [0.2, 0.25) is 0 Å². The molecule has 5 heteroatoms. The molecule has 0 spiro atoms. The molecule has 1 aliphatic rings. The predicted molar refractivity (Wildman–Crippen MR) is 100 cm³/mol. The number of hydrogen-bond acceptors (Lipinski definition) is 5. The highest BCUT2D eigenvalue weighted by molar-refractivity contribution is 5.71. The second-order valence-electron chi connectivity index (χ2n) is 6.24. The van der Waals surface area contributed by atoms with E-state index < -0.39 is 0 Å². The molecule has 0 bridgehead atoms. The maximum Gasteiger partial charge on any atom is 0.153 e. The summed E-state index contributed by atoms with van der Waals surface area (Å²) in [5.41, 5.74) is 9.45. The Balaban J connectivity index is 1.86.